The highest BCUT2D eigenvalue weighted by Crippen LogP contribution is 2.59. The second kappa shape index (κ2) is 10.7. The lowest BCUT2D eigenvalue weighted by molar-refractivity contribution is 0.598. The van der Waals surface area contributed by atoms with Gasteiger partial charge in [-0.2, -0.15) is 0 Å². The summed E-state index contributed by atoms with van der Waals surface area (Å²) in [7, 11) is 0. The molecule has 2 heterocycles. The fraction of sp³-hybridized carbons (Fsp3) is 0.149. The Morgan fingerprint density at radius 2 is 1.45 bits per heavy atom. The molecular weight excluding hydrogens is 593 g/mol. The van der Waals surface area contributed by atoms with Gasteiger partial charge in [-0.25, -0.2) is 0 Å². The maximum absolute atomic E-state index is 2.56. The summed E-state index contributed by atoms with van der Waals surface area (Å²) < 4.78 is 0. The van der Waals surface area contributed by atoms with Gasteiger partial charge < -0.3 is 9.80 Å². The van der Waals surface area contributed by atoms with Crippen molar-refractivity contribution in [3.05, 3.63) is 179 Å². The number of anilines is 5. The first kappa shape index (κ1) is 28.4. The molecule has 4 aliphatic rings. The van der Waals surface area contributed by atoms with E-state index in [1.165, 1.54) is 83.9 Å². The molecule has 2 heteroatoms. The van der Waals surface area contributed by atoms with Crippen LogP contribution in [0.2, 0.25) is 0 Å². The van der Waals surface area contributed by atoms with E-state index in [0.29, 0.717) is 5.92 Å². The zero-order valence-electron chi connectivity index (χ0n) is 28.0. The van der Waals surface area contributed by atoms with Gasteiger partial charge in [0.25, 0.3) is 0 Å². The van der Waals surface area contributed by atoms with E-state index in [-0.39, 0.29) is 5.41 Å². The summed E-state index contributed by atoms with van der Waals surface area (Å²) >= 11 is 0. The molecule has 2 aliphatic carbocycles. The zero-order valence-corrected chi connectivity index (χ0v) is 28.0. The van der Waals surface area contributed by atoms with Gasteiger partial charge in [-0.15, -0.1) is 0 Å². The van der Waals surface area contributed by atoms with Crippen molar-refractivity contribution < 1.29 is 0 Å². The normalized spacial score (nSPS) is 17.8. The van der Waals surface area contributed by atoms with E-state index in [4.69, 9.17) is 0 Å². The quantitative estimate of drug-likeness (QED) is 0.191. The SMILES string of the molecule is CC1(C)C2=C3C(CC=C2)c2cc(-c4ccc(N(c5cccc6c5CCC=C6)c5cccc6ccccc56)cc4)ccc2N3c2ccccc21. The van der Waals surface area contributed by atoms with Crippen molar-refractivity contribution in [2.75, 3.05) is 9.80 Å². The lowest BCUT2D eigenvalue weighted by atomic mass is 9.70. The number of fused-ring (bicyclic) bond motifs is 7. The molecule has 6 aromatic carbocycles. The van der Waals surface area contributed by atoms with Gasteiger partial charge in [-0.05, 0) is 106 Å². The molecule has 6 aromatic rings. The van der Waals surface area contributed by atoms with E-state index in [9.17, 15) is 0 Å². The Morgan fingerprint density at radius 1 is 0.673 bits per heavy atom. The Labute approximate surface area is 289 Å². The summed E-state index contributed by atoms with van der Waals surface area (Å²) in [5, 5.41) is 2.51. The van der Waals surface area contributed by atoms with Crippen LogP contribution in [0.15, 0.2) is 157 Å². The number of nitrogens with zero attached hydrogens (tertiary/aromatic N) is 2. The standard InChI is InChI=1S/C47H38N2/c1-47(2)40-19-7-8-21-45(40)49-44-29-26-34(30-39(44)38-18-11-20-41(47)46(38)49)31-24-27-35(28-25-31)48(42-22-9-14-32-12-3-5-16-36(32)42)43-23-10-15-33-13-4-6-17-37(33)43/h3-5,7-16,19-30,38H,6,17-18H2,1-2H3. The molecule has 2 nitrogen and oxygen atoms in total. The van der Waals surface area contributed by atoms with Crippen molar-refractivity contribution >= 4 is 45.3 Å². The van der Waals surface area contributed by atoms with E-state index in [1.54, 1.807) is 0 Å². The van der Waals surface area contributed by atoms with Gasteiger partial charge in [-0.3, -0.25) is 0 Å². The third kappa shape index (κ3) is 4.20. The number of hydrogen-bond acceptors (Lipinski definition) is 2. The first-order valence-electron chi connectivity index (χ1n) is 17.7. The number of rotatable bonds is 4. The van der Waals surface area contributed by atoms with E-state index >= 15 is 0 Å². The van der Waals surface area contributed by atoms with Gasteiger partial charge in [0.05, 0.1) is 5.69 Å². The number of para-hydroxylation sites is 1. The second-order valence-electron chi connectivity index (χ2n) is 14.4. The second-order valence-corrected chi connectivity index (χ2v) is 14.4. The summed E-state index contributed by atoms with van der Waals surface area (Å²) in [6, 6.07) is 47.6. The minimum absolute atomic E-state index is 0.0253. The predicted octanol–water partition coefficient (Wildman–Crippen LogP) is 12.7. The van der Waals surface area contributed by atoms with Crippen LogP contribution in [0.4, 0.5) is 28.4 Å². The van der Waals surface area contributed by atoms with Crippen LogP contribution in [0.25, 0.3) is 28.0 Å². The summed E-state index contributed by atoms with van der Waals surface area (Å²) in [6.45, 7) is 4.77. The van der Waals surface area contributed by atoms with Crippen LogP contribution in [-0.4, -0.2) is 0 Å². The van der Waals surface area contributed by atoms with Gasteiger partial charge in [0.15, 0.2) is 0 Å². The molecule has 0 saturated carbocycles. The van der Waals surface area contributed by atoms with Crippen LogP contribution >= 0.6 is 0 Å². The monoisotopic (exact) mass is 630 g/mol. The first-order valence-corrected chi connectivity index (χ1v) is 17.7. The third-order valence-corrected chi connectivity index (χ3v) is 11.4. The van der Waals surface area contributed by atoms with E-state index < -0.39 is 0 Å². The largest absolute Gasteiger partial charge is 0.313 e. The molecule has 0 N–H and O–H groups in total. The highest BCUT2D eigenvalue weighted by molar-refractivity contribution is 5.99. The average Bonchev–Trinajstić information content (AvgIpc) is 3.49. The molecule has 0 amide bonds. The molecule has 1 atom stereocenters. The molecule has 2 aliphatic heterocycles. The van der Waals surface area contributed by atoms with Crippen molar-refractivity contribution in [2.45, 2.75) is 44.4 Å². The molecule has 1 unspecified atom stereocenters. The molecule has 236 valence electrons. The highest BCUT2D eigenvalue weighted by atomic mass is 15.2. The maximum Gasteiger partial charge on any atom is 0.0540 e. The van der Waals surface area contributed by atoms with Crippen LogP contribution < -0.4 is 9.80 Å². The zero-order chi connectivity index (χ0) is 32.7. The number of hydrogen-bond donors (Lipinski definition) is 0. The first-order chi connectivity index (χ1) is 24.1. The van der Waals surface area contributed by atoms with Crippen molar-refractivity contribution in [1.82, 2.24) is 0 Å². The van der Waals surface area contributed by atoms with Gasteiger partial charge in [-0.1, -0.05) is 123 Å². The minimum atomic E-state index is -0.0253. The fourth-order valence-electron chi connectivity index (χ4n) is 9.02. The van der Waals surface area contributed by atoms with E-state index in [2.05, 4.69) is 175 Å². The van der Waals surface area contributed by atoms with Gasteiger partial charge in [0.2, 0.25) is 0 Å². The Balaban J connectivity index is 1.08. The topological polar surface area (TPSA) is 6.48 Å². The molecule has 0 radical (unpaired) electrons. The molecule has 0 bridgehead atoms. The van der Waals surface area contributed by atoms with Gasteiger partial charge >= 0.3 is 0 Å². The summed E-state index contributed by atoms with van der Waals surface area (Å²) in [4.78, 5) is 5.04. The summed E-state index contributed by atoms with van der Waals surface area (Å²) in [5.74, 6) is 0.377. The van der Waals surface area contributed by atoms with Gasteiger partial charge in [0, 0.05) is 45.2 Å². The predicted molar refractivity (Wildman–Crippen MR) is 207 cm³/mol. The van der Waals surface area contributed by atoms with Crippen molar-refractivity contribution in [2.24, 2.45) is 0 Å². The molecule has 0 aromatic heterocycles. The Bertz CT molecular complexity index is 2400. The molecule has 0 fully saturated rings. The van der Waals surface area contributed by atoms with E-state index in [0.717, 1.165) is 19.3 Å². The summed E-state index contributed by atoms with van der Waals surface area (Å²) in [6.07, 6.45) is 12.5. The number of benzene rings is 6. The molecule has 0 saturated heterocycles. The molecule has 0 spiro atoms. The van der Waals surface area contributed by atoms with Crippen LogP contribution in [0.5, 0.6) is 0 Å². The molecular formula is C47H38N2. The van der Waals surface area contributed by atoms with Crippen LogP contribution in [0.3, 0.4) is 0 Å². The maximum atomic E-state index is 2.56. The summed E-state index contributed by atoms with van der Waals surface area (Å²) in [5.41, 5.74) is 17.3. The Kier molecular flexibility index (Phi) is 6.21. The number of allylic oxidation sites excluding steroid dienone is 5. The van der Waals surface area contributed by atoms with E-state index in [1.807, 2.05) is 0 Å². The molecule has 10 rings (SSSR count). The highest BCUT2D eigenvalue weighted by Gasteiger charge is 2.46. The van der Waals surface area contributed by atoms with Crippen LogP contribution in [-0.2, 0) is 11.8 Å². The molecule has 49 heavy (non-hydrogen) atoms. The smallest absolute Gasteiger partial charge is 0.0540 e. The Hall–Kier alpha value is -5.60. The van der Waals surface area contributed by atoms with Crippen LogP contribution in [0, 0.1) is 0 Å². The van der Waals surface area contributed by atoms with Crippen molar-refractivity contribution in [3.63, 3.8) is 0 Å². The Morgan fingerprint density at radius 3 is 2.37 bits per heavy atom. The average molecular weight is 631 g/mol. The lowest BCUT2D eigenvalue weighted by Gasteiger charge is -2.42. The third-order valence-electron chi connectivity index (χ3n) is 11.4. The lowest BCUT2D eigenvalue weighted by Crippen LogP contribution is -2.33. The van der Waals surface area contributed by atoms with Crippen LogP contribution in [0.1, 0.15) is 54.9 Å². The minimum Gasteiger partial charge on any atom is -0.313 e. The van der Waals surface area contributed by atoms with Crippen molar-refractivity contribution in [3.8, 4) is 11.1 Å². The fourth-order valence-corrected chi connectivity index (χ4v) is 9.02. The van der Waals surface area contributed by atoms with Crippen molar-refractivity contribution in [1.29, 1.82) is 0 Å². The van der Waals surface area contributed by atoms with Gasteiger partial charge in [0.1, 0.15) is 0 Å².